The van der Waals surface area contributed by atoms with Crippen molar-refractivity contribution in [3.8, 4) is 5.75 Å². The maximum absolute atomic E-state index is 6.41. The number of benzene rings is 1. The van der Waals surface area contributed by atoms with Gasteiger partial charge in [-0.1, -0.05) is 47.6 Å². The van der Waals surface area contributed by atoms with E-state index in [-0.39, 0.29) is 10.8 Å². The van der Waals surface area contributed by atoms with E-state index in [1.54, 1.807) is 7.11 Å². The molecular formula is C19H30BNO3. The summed E-state index contributed by atoms with van der Waals surface area (Å²) in [5.41, 5.74) is 3.70. The molecule has 0 N–H and O–H groups in total. The van der Waals surface area contributed by atoms with Gasteiger partial charge in [0.1, 0.15) is 12.8 Å². The first kappa shape index (κ1) is 17.5. The van der Waals surface area contributed by atoms with E-state index in [1.165, 1.54) is 11.1 Å². The number of hydrogen-bond donors (Lipinski definition) is 0. The Morgan fingerprint density at radius 2 is 1.79 bits per heavy atom. The predicted molar refractivity (Wildman–Crippen MR) is 98.1 cm³/mol. The second-order valence-corrected chi connectivity index (χ2v) is 8.99. The molecule has 1 saturated heterocycles. The van der Waals surface area contributed by atoms with Crippen molar-refractivity contribution in [1.29, 1.82) is 0 Å². The molecule has 0 aliphatic carbocycles. The van der Waals surface area contributed by atoms with Crippen molar-refractivity contribution in [2.75, 3.05) is 20.3 Å². The van der Waals surface area contributed by atoms with Gasteiger partial charge in [-0.15, -0.1) is 0 Å². The molecular weight excluding hydrogens is 301 g/mol. The molecule has 1 atom stereocenters. The number of rotatable bonds is 1. The van der Waals surface area contributed by atoms with Gasteiger partial charge in [-0.05, 0) is 35.1 Å². The van der Waals surface area contributed by atoms with Crippen LogP contribution in [0.5, 0.6) is 5.75 Å². The van der Waals surface area contributed by atoms with E-state index in [4.69, 9.17) is 14.0 Å². The zero-order valence-corrected chi connectivity index (χ0v) is 16.1. The molecule has 0 radical (unpaired) electrons. The van der Waals surface area contributed by atoms with Gasteiger partial charge in [-0.25, -0.2) is 0 Å². The lowest BCUT2D eigenvalue weighted by atomic mass is 9.77. The summed E-state index contributed by atoms with van der Waals surface area (Å²) in [4.78, 5) is 0. The topological polar surface area (TPSA) is 30.7 Å². The second kappa shape index (κ2) is 5.60. The van der Waals surface area contributed by atoms with Crippen molar-refractivity contribution in [2.45, 2.75) is 58.8 Å². The Morgan fingerprint density at radius 1 is 1.08 bits per heavy atom. The average Bonchev–Trinajstić information content (AvgIpc) is 2.49. The quantitative estimate of drug-likeness (QED) is 0.737. The highest BCUT2D eigenvalue weighted by Gasteiger charge is 2.52. The summed E-state index contributed by atoms with van der Waals surface area (Å²) in [5, 5.41) is 0. The van der Waals surface area contributed by atoms with Crippen LogP contribution in [0.15, 0.2) is 12.1 Å². The van der Waals surface area contributed by atoms with E-state index in [9.17, 15) is 0 Å². The number of hydrogen-bond acceptors (Lipinski definition) is 3. The lowest BCUT2D eigenvalue weighted by molar-refractivity contribution is -0.467. The number of fused-ring (bicyclic) bond motifs is 2. The Bertz CT molecular complexity index is 685. The molecule has 132 valence electrons. The molecule has 0 amide bonds. The van der Waals surface area contributed by atoms with Gasteiger partial charge in [0, 0.05) is 13.0 Å². The maximum atomic E-state index is 6.41. The molecule has 1 fully saturated rings. The molecule has 4 nitrogen and oxygen atoms in total. The smallest absolute Gasteiger partial charge is 0.606 e. The third-order valence-electron chi connectivity index (χ3n) is 4.96. The molecule has 0 spiro atoms. The third-order valence-corrected chi connectivity index (χ3v) is 4.96. The molecule has 3 rings (SSSR count). The van der Waals surface area contributed by atoms with E-state index < -0.39 is 6.89 Å². The fourth-order valence-electron chi connectivity index (χ4n) is 3.44. The van der Waals surface area contributed by atoms with E-state index in [1.807, 2.05) is 0 Å². The van der Waals surface area contributed by atoms with Gasteiger partial charge in [-0.3, -0.25) is 0 Å². The summed E-state index contributed by atoms with van der Waals surface area (Å²) >= 11 is 0. The van der Waals surface area contributed by atoms with Crippen molar-refractivity contribution in [2.24, 2.45) is 0 Å². The van der Waals surface area contributed by atoms with Gasteiger partial charge in [0.15, 0.2) is 0 Å². The normalized spacial score (nSPS) is 23.9. The summed E-state index contributed by atoms with van der Waals surface area (Å²) in [6.45, 7) is 13.1. The monoisotopic (exact) mass is 331 g/mol. The second-order valence-electron chi connectivity index (χ2n) is 8.99. The van der Waals surface area contributed by atoms with Crippen molar-refractivity contribution in [1.82, 2.24) is 0 Å². The Hall–Kier alpha value is -1.33. The highest BCUT2D eigenvalue weighted by molar-refractivity contribution is 6.54. The van der Waals surface area contributed by atoms with Gasteiger partial charge in [0.05, 0.1) is 11.3 Å². The molecule has 2 heterocycles. The van der Waals surface area contributed by atoms with Gasteiger partial charge in [0.25, 0.3) is 0 Å². The summed E-state index contributed by atoms with van der Waals surface area (Å²) in [7, 11) is 1.66. The van der Waals surface area contributed by atoms with Crippen molar-refractivity contribution in [3.63, 3.8) is 0 Å². The van der Waals surface area contributed by atoms with Crippen LogP contribution in [0.4, 0.5) is 0 Å². The SMILES string of the molecule is CO[B@-]12OCCC[N+]1=Cc1cc(C(C)(C)C)cc(C(C)(C)C)c1O2. The minimum absolute atomic E-state index is 0.0268. The summed E-state index contributed by atoms with van der Waals surface area (Å²) < 4.78 is 20.2. The van der Waals surface area contributed by atoms with E-state index in [0.29, 0.717) is 6.61 Å². The molecule has 0 bridgehead atoms. The zero-order valence-electron chi connectivity index (χ0n) is 16.1. The highest BCUT2D eigenvalue weighted by Crippen LogP contribution is 2.41. The molecule has 5 heteroatoms. The van der Waals surface area contributed by atoms with Gasteiger partial charge >= 0.3 is 6.89 Å². The molecule has 0 unspecified atom stereocenters. The minimum Gasteiger partial charge on any atom is -0.606 e. The average molecular weight is 331 g/mol. The molecule has 0 aromatic heterocycles. The predicted octanol–water partition coefficient (Wildman–Crippen LogP) is 3.61. The Labute approximate surface area is 145 Å². The number of nitrogens with zero attached hydrogens (tertiary/aromatic N) is 1. The molecule has 1 aromatic carbocycles. The lowest BCUT2D eigenvalue weighted by Gasteiger charge is -2.43. The Balaban J connectivity index is 2.23. The molecule has 0 saturated carbocycles. The van der Waals surface area contributed by atoms with Crippen LogP contribution in [0.25, 0.3) is 0 Å². The molecule has 2 aliphatic rings. The fraction of sp³-hybridized carbons (Fsp3) is 0.632. The first-order valence-electron chi connectivity index (χ1n) is 8.88. The van der Waals surface area contributed by atoms with Gasteiger partial charge < -0.3 is 18.4 Å². The minimum atomic E-state index is -1.89. The summed E-state index contributed by atoms with van der Waals surface area (Å²) in [6.07, 6.45) is 3.14. The van der Waals surface area contributed by atoms with Crippen LogP contribution >= 0.6 is 0 Å². The summed E-state index contributed by atoms with van der Waals surface area (Å²) in [5.74, 6) is 0.899. The third kappa shape index (κ3) is 2.88. The van der Waals surface area contributed by atoms with Crippen LogP contribution in [-0.4, -0.2) is 37.9 Å². The van der Waals surface area contributed by atoms with Gasteiger partial charge in [-0.2, -0.15) is 0 Å². The maximum Gasteiger partial charge on any atom is 0.754 e. The largest absolute Gasteiger partial charge is 0.754 e. The van der Waals surface area contributed by atoms with Crippen LogP contribution in [0, 0.1) is 0 Å². The highest BCUT2D eigenvalue weighted by atomic mass is 16.8. The molecule has 24 heavy (non-hydrogen) atoms. The zero-order chi connectivity index (χ0) is 17.8. The fourth-order valence-corrected chi connectivity index (χ4v) is 3.44. The first-order chi connectivity index (χ1) is 11.1. The lowest BCUT2D eigenvalue weighted by Crippen LogP contribution is -2.63. The van der Waals surface area contributed by atoms with Crippen molar-refractivity contribution in [3.05, 3.63) is 28.8 Å². The van der Waals surface area contributed by atoms with Crippen LogP contribution in [-0.2, 0) is 20.1 Å². The van der Waals surface area contributed by atoms with Crippen LogP contribution in [0.2, 0.25) is 0 Å². The van der Waals surface area contributed by atoms with Crippen molar-refractivity contribution < 1.29 is 18.4 Å². The van der Waals surface area contributed by atoms with Crippen LogP contribution < -0.4 is 4.65 Å². The van der Waals surface area contributed by atoms with E-state index >= 15 is 0 Å². The Kier molecular flexibility index (Phi) is 4.08. The summed E-state index contributed by atoms with van der Waals surface area (Å²) in [6, 6.07) is 4.53. The van der Waals surface area contributed by atoms with Gasteiger partial charge in [0.2, 0.25) is 0 Å². The standard InChI is InChI=1S/C19H30BNO3/c1-18(2,3)15-11-14-13-21-9-8-10-23-20(21,22-7)24-17(14)16(12-15)19(4,5)6/h11-13H,8-10H2,1-7H3/t20-/m0/s1. The molecule has 2 aliphatic heterocycles. The van der Waals surface area contributed by atoms with Crippen LogP contribution in [0.3, 0.4) is 0 Å². The van der Waals surface area contributed by atoms with Crippen LogP contribution in [0.1, 0.15) is 64.7 Å². The molecule has 1 aromatic rings. The Morgan fingerprint density at radius 3 is 2.38 bits per heavy atom. The van der Waals surface area contributed by atoms with Crippen molar-refractivity contribution >= 4 is 13.1 Å². The first-order valence-corrected chi connectivity index (χ1v) is 8.88. The van der Waals surface area contributed by atoms with E-state index in [2.05, 4.69) is 64.4 Å². The van der Waals surface area contributed by atoms with E-state index in [0.717, 1.165) is 24.3 Å².